The van der Waals surface area contributed by atoms with Gasteiger partial charge in [-0.3, -0.25) is 4.79 Å². The lowest BCUT2D eigenvalue weighted by Crippen LogP contribution is -2.31. The van der Waals surface area contributed by atoms with Gasteiger partial charge in [0.15, 0.2) is 6.61 Å². The summed E-state index contributed by atoms with van der Waals surface area (Å²) >= 11 is 3.38. The molecule has 0 fully saturated rings. The van der Waals surface area contributed by atoms with E-state index in [1.54, 1.807) is 6.92 Å². The zero-order valence-electron chi connectivity index (χ0n) is 12.7. The summed E-state index contributed by atoms with van der Waals surface area (Å²) in [6.45, 7) is 1.12. The third kappa shape index (κ3) is 4.38. The molecule has 2 aromatic carbocycles. The lowest BCUT2D eigenvalue weighted by atomic mass is 10.1. The van der Waals surface area contributed by atoms with Gasteiger partial charge < -0.3 is 10.1 Å². The van der Waals surface area contributed by atoms with Gasteiger partial charge in [0.25, 0.3) is 5.91 Å². The van der Waals surface area contributed by atoms with E-state index in [9.17, 15) is 18.4 Å². The summed E-state index contributed by atoms with van der Waals surface area (Å²) in [5.41, 5.74) is 0.0291. The molecular formula is C17H14BrF2NO3. The number of ether oxygens (including phenoxy) is 1. The predicted octanol–water partition coefficient (Wildman–Crippen LogP) is 3.76. The standard InChI is InChI=1S/C17H14BrF2NO3/c1-10(11-5-2-3-6-12(11)18)21-15(22)9-24-17(23)16-13(19)7-4-8-14(16)20/h2-8,10H,9H2,1H3,(H,21,22)/t10-/m1/s1. The maximum atomic E-state index is 13.5. The molecule has 2 rings (SSSR count). The number of rotatable bonds is 5. The first kappa shape index (κ1) is 18.1. The van der Waals surface area contributed by atoms with Crippen molar-refractivity contribution in [3.8, 4) is 0 Å². The fraction of sp³-hybridized carbons (Fsp3) is 0.176. The van der Waals surface area contributed by atoms with E-state index in [0.29, 0.717) is 0 Å². The molecule has 1 atom stereocenters. The van der Waals surface area contributed by atoms with Gasteiger partial charge in [0.1, 0.15) is 17.2 Å². The Hall–Kier alpha value is -2.28. The van der Waals surface area contributed by atoms with Gasteiger partial charge in [-0.15, -0.1) is 0 Å². The quantitative estimate of drug-likeness (QED) is 0.781. The van der Waals surface area contributed by atoms with Crippen molar-refractivity contribution in [2.45, 2.75) is 13.0 Å². The molecule has 0 aromatic heterocycles. The highest BCUT2D eigenvalue weighted by atomic mass is 79.9. The highest BCUT2D eigenvalue weighted by molar-refractivity contribution is 9.10. The van der Waals surface area contributed by atoms with Crippen LogP contribution in [0.1, 0.15) is 28.9 Å². The van der Waals surface area contributed by atoms with Crippen LogP contribution in [0.25, 0.3) is 0 Å². The third-order valence-electron chi connectivity index (χ3n) is 3.25. The second-order valence-electron chi connectivity index (χ2n) is 4.98. The molecule has 0 saturated carbocycles. The largest absolute Gasteiger partial charge is 0.452 e. The van der Waals surface area contributed by atoms with Crippen LogP contribution >= 0.6 is 15.9 Å². The van der Waals surface area contributed by atoms with Gasteiger partial charge in [-0.1, -0.05) is 40.2 Å². The molecule has 0 aliphatic heterocycles. The van der Waals surface area contributed by atoms with Crippen molar-refractivity contribution < 1.29 is 23.1 Å². The molecule has 126 valence electrons. The molecule has 0 heterocycles. The summed E-state index contributed by atoms with van der Waals surface area (Å²) < 4.78 is 32.4. The molecule has 0 radical (unpaired) electrons. The fourth-order valence-corrected chi connectivity index (χ4v) is 2.71. The molecule has 7 heteroatoms. The van der Waals surface area contributed by atoms with E-state index in [1.165, 1.54) is 0 Å². The summed E-state index contributed by atoms with van der Waals surface area (Å²) in [6.07, 6.45) is 0. The van der Waals surface area contributed by atoms with Crippen LogP contribution in [-0.2, 0) is 9.53 Å². The summed E-state index contributed by atoms with van der Waals surface area (Å²) in [6, 6.07) is 10.00. The van der Waals surface area contributed by atoms with Crippen molar-refractivity contribution in [3.63, 3.8) is 0 Å². The van der Waals surface area contributed by atoms with E-state index in [4.69, 9.17) is 0 Å². The Balaban J connectivity index is 1.94. The van der Waals surface area contributed by atoms with Crippen molar-refractivity contribution in [3.05, 3.63) is 69.7 Å². The van der Waals surface area contributed by atoms with Crippen LogP contribution in [0, 0.1) is 11.6 Å². The maximum absolute atomic E-state index is 13.5. The molecule has 24 heavy (non-hydrogen) atoms. The molecule has 0 unspecified atom stereocenters. The van der Waals surface area contributed by atoms with Crippen LogP contribution in [0.5, 0.6) is 0 Å². The minimum atomic E-state index is -1.23. The van der Waals surface area contributed by atoms with Gasteiger partial charge >= 0.3 is 5.97 Å². The van der Waals surface area contributed by atoms with Crippen LogP contribution in [-0.4, -0.2) is 18.5 Å². The molecule has 0 spiro atoms. The number of esters is 1. The first-order valence-corrected chi connectivity index (χ1v) is 7.84. The molecule has 0 aliphatic carbocycles. The van der Waals surface area contributed by atoms with Gasteiger partial charge in [0, 0.05) is 4.47 Å². The topological polar surface area (TPSA) is 55.4 Å². The normalized spacial score (nSPS) is 11.7. The van der Waals surface area contributed by atoms with E-state index in [2.05, 4.69) is 26.0 Å². The number of hydrogen-bond donors (Lipinski definition) is 1. The minimum Gasteiger partial charge on any atom is -0.452 e. The lowest BCUT2D eigenvalue weighted by molar-refractivity contribution is -0.124. The maximum Gasteiger partial charge on any atom is 0.344 e. The first-order valence-electron chi connectivity index (χ1n) is 7.05. The first-order chi connectivity index (χ1) is 11.4. The minimum absolute atomic E-state index is 0.336. The Morgan fingerprint density at radius 1 is 1.12 bits per heavy atom. The number of nitrogens with one attached hydrogen (secondary N) is 1. The van der Waals surface area contributed by atoms with Crippen LogP contribution in [0.4, 0.5) is 8.78 Å². The zero-order valence-corrected chi connectivity index (χ0v) is 14.3. The van der Waals surface area contributed by atoms with Crippen LogP contribution in [0.2, 0.25) is 0 Å². The summed E-state index contributed by atoms with van der Waals surface area (Å²) in [4.78, 5) is 23.6. The molecule has 4 nitrogen and oxygen atoms in total. The fourth-order valence-electron chi connectivity index (χ4n) is 2.08. The number of carbonyl (C=O) groups is 2. The number of amides is 1. The number of hydrogen-bond acceptors (Lipinski definition) is 3. The lowest BCUT2D eigenvalue weighted by Gasteiger charge is -2.16. The molecule has 1 amide bonds. The molecular weight excluding hydrogens is 384 g/mol. The molecule has 0 saturated heterocycles. The van der Waals surface area contributed by atoms with Crippen LogP contribution < -0.4 is 5.32 Å². The van der Waals surface area contributed by atoms with Gasteiger partial charge in [-0.2, -0.15) is 0 Å². The van der Waals surface area contributed by atoms with E-state index in [-0.39, 0.29) is 6.04 Å². The molecule has 2 aromatic rings. The van der Waals surface area contributed by atoms with Gasteiger partial charge in [0.2, 0.25) is 0 Å². The SMILES string of the molecule is C[C@@H](NC(=O)COC(=O)c1c(F)cccc1F)c1ccccc1Br. The summed E-state index contributed by atoms with van der Waals surface area (Å²) in [5.74, 6) is -3.89. The van der Waals surface area contributed by atoms with Gasteiger partial charge in [-0.25, -0.2) is 13.6 Å². The van der Waals surface area contributed by atoms with Gasteiger partial charge in [0.05, 0.1) is 6.04 Å². The monoisotopic (exact) mass is 397 g/mol. The second kappa shape index (κ2) is 8.01. The van der Waals surface area contributed by atoms with Crippen LogP contribution in [0.15, 0.2) is 46.9 Å². The Bertz CT molecular complexity index is 747. The Kier molecular flexibility index (Phi) is 6.03. The average molecular weight is 398 g/mol. The van der Waals surface area contributed by atoms with Gasteiger partial charge in [-0.05, 0) is 30.7 Å². The molecule has 0 bridgehead atoms. The zero-order chi connectivity index (χ0) is 17.7. The van der Waals surface area contributed by atoms with E-state index >= 15 is 0 Å². The van der Waals surface area contributed by atoms with E-state index in [1.807, 2.05) is 24.3 Å². The predicted molar refractivity (Wildman–Crippen MR) is 87.3 cm³/mol. The summed E-state index contributed by atoms with van der Waals surface area (Å²) in [7, 11) is 0. The van der Waals surface area contributed by atoms with Crippen molar-refractivity contribution in [1.82, 2.24) is 5.32 Å². The number of benzene rings is 2. The smallest absolute Gasteiger partial charge is 0.344 e. The second-order valence-corrected chi connectivity index (χ2v) is 5.84. The Morgan fingerprint density at radius 3 is 2.38 bits per heavy atom. The number of carbonyl (C=O) groups excluding carboxylic acids is 2. The van der Waals surface area contributed by atoms with E-state index < -0.39 is 35.7 Å². The highest BCUT2D eigenvalue weighted by Crippen LogP contribution is 2.22. The summed E-state index contributed by atoms with van der Waals surface area (Å²) in [5, 5.41) is 2.64. The molecule has 1 N–H and O–H groups in total. The van der Waals surface area contributed by atoms with Crippen molar-refractivity contribution >= 4 is 27.8 Å². The van der Waals surface area contributed by atoms with Crippen molar-refractivity contribution in [1.29, 1.82) is 0 Å². The van der Waals surface area contributed by atoms with E-state index in [0.717, 1.165) is 28.2 Å². The average Bonchev–Trinajstić information content (AvgIpc) is 2.53. The number of halogens is 3. The molecule has 0 aliphatic rings. The Labute approximate surface area is 145 Å². The highest BCUT2D eigenvalue weighted by Gasteiger charge is 2.20. The third-order valence-corrected chi connectivity index (χ3v) is 3.97. The van der Waals surface area contributed by atoms with Crippen LogP contribution in [0.3, 0.4) is 0 Å². The Morgan fingerprint density at radius 2 is 1.75 bits per heavy atom. The van der Waals surface area contributed by atoms with Crippen molar-refractivity contribution in [2.75, 3.05) is 6.61 Å². The van der Waals surface area contributed by atoms with Crippen molar-refractivity contribution in [2.24, 2.45) is 0 Å².